The van der Waals surface area contributed by atoms with Crippen LogP contribution in [0.1, 0.15) is 11.1 Å². The third-order valence-electron chi connectivity index (χ3n) is 7.52. The minimum atomic E-state index is 0.825. The Bertz CT molecular complexity index is 1930. The molecule has 4 nitrogen and oxygen atoms in total. The van der Waals surface area contributed by atoms with E-state index in [-0.39, 0.29) is 0 Å². The quantitative estimate of drug-likeness (QED) is 0.255. The molecule has 38 heavy (non-hydrogen) atoms. The zero-order chi connectivity index (χ0) is 25.1. The number of rotatable bonds is 3. The molecule has 0 unspecified atom stereocenters. The van der Waals surface area contributed by atoms with Crippen LogP contribution in [0.4, 0.5) is 0 Å². The predicted octanol–water partition coefficient (Wildman–Crippen LogP) is 7.87. The zero-order valence-corrected chi connectivity index (χ0v) is 20.5. The highest BCUT2D eigenvalue weighted by Crippen LogP contribution is 2.46. The molecule has 4 aromatic heterocycles. The fraction of sp³-hybridized carbons (Fsp3) is 0.0294. The summed E-state index contributed by atoms with van der Waals surface area (Å²) in [7, 11) is 0. The molecular weight excluding hydrogens is 464 g/mol. The second-order valence-corrected chi connectivity index (χ2v) is 9.71. The largest absolute Gasteiger partial charge is 0.308 e. The van der Waals surface area contributed by atoms with Gasteiger partial charge in [0.1, 0.15) is 0 Å². The second-order valence-electron chi connectivity index (χ2n) is 9.71. The van der Waals surface area contributed by atoms with E-state index in [4.69, 9.17) is 4.98 Å². The molecule has 8 rings (SSSR count). The Morgan fingerprint density at radius 1 is 0.579 bits per heavy atom. The average Bonchev–Trinajstić information content (AvgIpc) is 3.53. The van der Waals surface area contributed by atoms with E-state index in [9.17, 15) is 0 Å². The first-order chi connectivity index (χ1) is 18.8. The van der Waals surface area contributed by atoms with E-state index >= 15 is 0 Å². The molecule has 4 heteroatoms. The Hall–Kier alpha value is -5.09. The first-order valence-corrected chi connectivity index (χ1v) is 12.8. The van der Waals surface area contributed by atoms with Crippen molar-refractivity contribution in [2.24, 2.45) is 0 Å². The maximum absolute atomic E-state index is 5.03. The van der Waals surface area contributed by atoms with Gasteiger partial charge in [-0.3, -0.25) is 9.97 Å². The van der Waals surface area contributed by atoms with E-state index in [0.29, 0.717) is 0 Å². The zero-order valence-electron chi connectivity index (χ0n) is 20.5. The smallest absolute Gasteiger partial charge is 0.0915 e. The van der Waals surface area contributed by atoms with Crippen LogP contribution in [0.3, 0.4) is 0 Å². The van der Waals surface area contributed by atoms with Gasteiger partial charge in [0.25, 0.3) is 0 Å². The second kappa shape index (κ2) is 8.22. The number of aromatic nitrogens is 4. The molecule has 0 atom stereocenters. The van der Waals surface area contributed by atoms with Gasteiger partial charge in [-0.15, -0.1) is 0 Å². The fourth-order valence-corrected chi connectivity index (χ4v) is 5.87. The summed E-state index contributed by atoms with van der Waals surface area (Å²) >= 11 is 0. The van der Waals surface area contributed by atoms with Crippen molar-refractivity contribution in [3.63, 3.8) is 0 Å². The topological polar surface area (TPSA) is 43.6 Å². The minimum Gasteiger partial charge on any atom is -0.308 e. The first kappa shape index (κ1) is 21.0. The van der Waals surface area contributed by atoms with Crippen LogP contribution in [-0.2, 0) is 6.42 Å². The van der Waals surface area contributed by atoms with E-state index in [0.717, 1.165) is 34.9 Å². The van der Waals surface area contributed by atoms with Gasteiger partial charge in [0.05, 0.1) is 39.7 Å². The number of pyridine rings is 3. The average molecular weight is 487 g/mol. The highest BCUT2D eigenvalue weighted by Gasteiger charge is 2.28. The molecule has 0 amide bonds. The lowest BCUT2D eigenvalue weighted by molar-refractivity contribution is 1.11. The normalized spacial score (nSPS) is 12.1. The van der Waals surface area contributed by atoms with Crippen LogP contribution in [0.2, 0.25) is 0 Å². The van der Waals surface area contributed by atoms with Crippen LogP contribution in [0.25, 0.3) is 61.4 Å². The summed E-state index contributed by atoms with van der Waals surface area (Å²) in [4.78, 5) is 14.3. The summed E-state index contributed by atoms with van der Waals surface area (Å²) in [5.41, 5.74) is 10.9. The Morgan fingerprint density at radius 3 is 2.00 bits per heavy atom. The van der Waals surface area contributed by atoms with Gasteiger partial charge in [0.2, 0.25) is 0 Å². The Morgan fingerprint density at radius 2 is 1.26 bits per heavy atom. The number of nitrogens with zero attached hydrogens (tertiary/aromatic N) is 4. The van der Waals surface area contributed by atoms with E-state index < -0.39 is 0 Å². The molecule has 0 N–H and O–H groups in total. The number of hydrogen-bond donors (Lipinski definition) is 0. The van der Waals surface area contributed by atoms with Crippen molar-refractivity contribution in [3.8, 4) is 39.7 Å². The summed E-state index contributed by atoms with van der Waals surface area (Å²) in [5, 5.41) is 3.77. The molecule has 7 aromatic rings. The molecule has 1 aliphatic rings. The van der Waals surface area contributed by atoms with Gasteiger partial charge < -0.3 is 4.57 Å². The summed E-state index contributed by atoms with van der Waals surface area (Å²) in [6.07, 6.45) is 4.56. The molecular formula is C34H22N4. The van der Waals surface area contributed by atoms with Crippen molar-refractivity contribution >= 4 is 21.7 Å². The van der Waals surface area contributed by atoms with Crippen molar-refractivity contribution < 1.29 is 0 Å². The van der Waals surface area contributed by atoms with E-state index in [1.807, 2.05) is 48.8 Å². The third-order valence-corrected chi connectivity index (χ3v) is 7.52. The van der Waals surface area contributed by atoms with Gasteiger partial charge in [0, 0.05) is 35.2 Å². The van der Waals surface area contributed by atoms with E-state index in [1.54, 1.807) is 0 Å². The van der Waals surface area contributed by atoms with Gasteiger partial charge in [0.15, 0.2) is 0 Å². The van der Waals surface area contributed by atoms with Crippen molar-refractivity contribution in [2.75, 3.05) is 0 Å². The van der Waals surface area contributed by atoms with Crippen LogP contribution in [0.15, 0.2) is 122 Å². The van der Waals surface area contributed by atoms with Crippen molar-refractivity contribution in [1.82, 2.24) is 19.5 Å². The number of hydrogen-bond acceptors (Lipinski definition) is 3. The number of benzene rings is 3. The van der Waals surface area contributed by atoms with Crippen LogP contribution < -0.4 is 0 Å². The van der Waals surface area contributed by atoms with Crippen molar-refractivity contribution in [2.45, 2.75) is 6.42 Å². The highest BCUT2D eigenvalue weighted by molar-refractivity contribution is 6.11. The number of fused-ring (bicyclic) bond motifs is 7. The molecule has 0 saturated heterocycles. The SMILES string of the molecule is c1ccc(-c2cc(-n3c4c(c5ccc6ccccc6c53)Cc3ccccc3-4)cc(-c3ccccn3)n2)nc1. The molecule has 0 fully saturated rings. The molecule has 0 saturated carbocycles. The lowest BCUT2D eigenvalue weighted by Crippen LogP contribution is -2.01. The molecule has 0 spiro atoms. The fourth-order valence-electron chi connectivity index (χ4n) is 5.87. The van der Waals surface area contributed by atoms with E-state index in [2.05, 4.69) is 87.3 Å². The standard InChI is InChI=1S/C34H22N4/c1-3-11-25-22(9-1)15-16-27-28-19-23-10-2-4-12-26(23)34(28)38(33(25)27)24-20-31(29-13-5-7-17-35-29)37-32(21-24)30-14-6-8-18-36-30/h1-18,20-21H,19H2. The lowest BCUT2D eigenvalue weighted by Gasteiger charge is -2.15. The Labute approximate surface area is 219 Å². The first-order valence-electron chi connectivity index (χ1n) is 12.8. The summed E-state index contributed by atoms with van der Waals surface area (Å²) in [6, 6.07) is 38.2. The third kappa shape index (κ3) is 3.14. The monoisotopic (exact) mass is 486 g/mol. The van der Waals surface area contributed by atoms with Gasteiger partial charge in [-0.2, -0.15) is 0 Å². The molecule has 178 valence electrons. The van der Waals surface area contributed by atoms with Gasteiger partial charge in [-0.25, -0.2) is 4.98 Å². The summed E-state index contributed by atoms with van der Waals surface area (Å²) in [5.74, 6) is 0. The Kier molecular flexibility index (Phi) is 4.55. The van der Waals surface area contributed by atoms with Crippen LogP contribution in [0.5, 0.6) is 0 Å². The Balaban J connectivity index is 1.52. The van der Waals surface area contributed by atoms with Gasteiger partial charge >= 0.3 is 0 Å². The summed E-state index contributed by atoms with van der Waals surface area (Å²) < 4.78 is 2.44. The van der Waals surface area contributed by atoms with Crippen LogP contribution in [-0.4, -0.2) is 19.5 Å². The predicted molar refractivity (Wildman–Crippen MR) is 153 cm³/mol. The maximum Gasteiger partial charge on any atom is 0.0915 e. The molecule has 1 aliphatic carbocycles. The maximum atomic E-state index is 5.03. The van der Waals surface area contributed by atoms with Gasteiger partial charge in [-0.1, -0.05) is 72.8 Å². The molecule has 4 heterocycles. The minimum absolute atomic E-state index is 0.825. The molecule has 0 bridgehead atoms. The van der Waals surface area contributed by atoms with Crippen LogP contribution in [0, 0.1) is 0 Å². The molecule has 0 aliphatic heterocycles. The summed E-state index contributed by atoms with van der Waals surface area (Å²) in [6.45, 7) is 0. The molecule has 3 aromatic carbocycles. The van der Waals surface area contributed by atoms with Crippen molar-refractivity contribution in [1.29, 1.82) is 0 Å². The van der Waals surface area contributed by atoms with Crippen LogP contribution >= 0.6 is 0 Å². The van der Waals surface area contributed by atoms with Gasteiger partial charge in [-0.05, 0) is 52.9 Å². The molecule has 0 radical (unpaired) electrons. The van der Waals surface area contributed by atoms with E-state index in [1.165, 1.54) is 44.1 Å². The lowest BCUT2D eigenvalue weighted by atomic mass is 10.0. The highest BCUT2D eigenvalue weighted by atomic mass is 15.0. The van der Waals surface area contributed by atoms with Crippen molar-refractivity contribution in [3.05, 3.63) is 133 Å².